The maximum atomic E-state index is 11.8. The summed E-state index contributed by atoms with van der Waals surface area (Å²) in [4.78, 5) is 11.8. The number of rotatable bonds is 1. The molecule has 0 aromatic carbocycles. The summed E-state index contributed by atoms with van der Waals surface area (Å²) in [6.45, 7) is 12.3. The third-order valence-corrected chi connectivity index (χ3v) is 3.62. The summed E-state index contributed by atoms with van der Waals surface area (Å²) in [6.07, 6.45) is 2.34. The third kappa shape index (κ3) is 3.62. The van der Waals surface area contributed by atoms with E-state index in [-0.39, 0.29) is 18.0 Å². The molecule has 1 heterocycles. The number of Topliss-reactive ketones (excluding diaryl/α,β-unsaturated/α-hetero) is 1. The molecule has 3 heteroatoms. The summed E-state index contributed by atoms with van der Waals surface area (Å²) < 4.78 is 0. The minimum Gasteiger partial charge on any atom is -0.299 e. The smallest absolute Gasteiger partial charge is 0.140 e. The van der Waals surface area contributed by atoms with E-state index in [1.165, 1.54) is 0 Å². The van der Waals surface area contributed by atoms with Crippen molar-refractivity contribution in [3.8, 4) is 11.5 Å². The van der Waals surface area contributed by atoms with Gasteiger partial charge in [0, 0.05) is 18.4 Å². The Balaban J connectivity index is 2.74. The first-order valence-electron chi connectivity index (χ1n) is 5.77. The molecule has 0 unspecified atom stereocenters. The van der Waals surface area contributed by atoms with Gasteiger partial charge in [0.05, 0.1) is 6.04 Å². The average molecular weight is 235 g/mol. The zero-order valence-electron chi connectivity index (χ0n) is 10.6. The normalized spacial score (nSPS) is 30.5. The molecule has 0 spiro atoms. The minimum absolute atomic E-state index is 0.0124. The molecule has 1 aliphatic heterocycles. The van der Waals surface area contributed by atoms with Crippen molar-refractivity contribution in [3.63, 3.8) is 0 Å². The van der Waals surface area contributed by atoms with Crippen LogP contribution in [0.5, 0.6) is 0 Å². The number of ketones is 1. The largest absolute Gasteiger partial charge is 0.299 e. The molecule has 3 atom stereocenters. The highest BCUT2D eigenvalue weighted by Gasteiger charge is 2.30. The van der Waals surface area contributed by atoms with Crippen molar-refractivity contribution < 1.29 is 4.79 Å². The molecule has 16 heavy (non-hydrogen) atoms. The summed E-state index contributed by atoms with van der Waals surface area (Å²) in [5.41, 5.74) is 3.31. The number of carbonyl (C=O) groups is 1. The first-order valence-corrected chi connectivity index (χ1v) is 9.27. The van der Waals surface area contributed by atoms with E-state index < -0.39 is 8.07 Å². The van der Waals surface area contributed by atoms with E-state index in [4.69, 9.17) is 0 Å². The molecule has 1 rings (SSSR count). The van der Waals surface area contributed by atoms with Gasteiger partial charge < -0.3 is 0 Å². The second kappa shape index (κ2) is 4.99. The van der Waals surface area contributed by atoms with Gasteiger partial charge in [-0.25, -0.2) is 0 Å². The number of piperidine rings is 1. The third-order valence-electron chi connectivity index (χ3n) is 2.72. The Bertz CT molecular complexity index is 345. The Labute approximate surface area is 99.5 Å². The van der Waals surface area contributed by atoms with Crippen LogP contribution in [-0.4, -0.2) is 25.9 Å². The van der Waals surface area contributed by atoms with Crippen molar-refractivity contribution in [1.29, 1.82) is 0 Å². The summed E-state index contributed by atoms with van der Waals surface area (Å²) in [5.74, 6) is 3.53. The van der Waals surface area contributed by atoms with Gasteiger partial charge in [-0.15, -0.1) is 12.1 Å². The van der Waals surface area contributed by atoms with Crippen molar-refractivity contribution in [2.24, 2.45) is 5.92 Å². The van der Waals surface area contributed by atoms with Crippen LogP contribution < -0.4 is 5.32 Å². The Morgan fingerprint density at radius 1 is 1.50 bits per heavy atom. The molecule has 2 nitrogen and oxygen atoms in total. The molecule has 0 amide bonds. The van der Waals surface area contributed by atoms with Crippen molar-refractivity contribution >= 4 is 13.9 Å². The standard InChI is InChI=1S/C13H21NOSi/c1-6-12-10(2)13(15)9-11(14-12)7-8-16(3,4)5/h6,10-12,14H,1,9H2,2-5H3/t10-,11+,12-/m1/s1. The van der Waals surface area contributed by atoms with Gasteiger partial charge in [0.2, 0.25) is 0 Å². The van der Waals surface area contributed by atoms with E-state index in [1.807, 2.05) is 13.0 Å². The number of hydrogen-bond acceptors (Lipinski definition) is 2. The van der Waals surface area contributed by atoms with Gasteiger partial charge >= 0.3 is 0 Å². The van der Waals surface area contributed by atoms with Gasteiger partial charge in [0.25, 0.3) is 0 Å². The molecule has 1 fully saturated rings. The monoisotopic (exact) mass is 235 g/mol. The lowest BCUT2D eigenvalue weighted by Crippen LogP contribution is -2.49. The van der Waals surface area contributed by atoms with Crippen LogP contribution in [0.25, 0.3) is 0 Å². The van der Waals surface area contributed by atoms with Crippen molar-refractivity contribution in [2.45, 2.75) is 45.1 Å². The Morgan fingerprint density at radius 2 is 2.12 bits per heavy atom. The number of nitrogens with one attached hydrogen (secondary N) is 1. The number of carbonyl (C=O) groups excluding carboxylic acids is 1. The predicted octanol–water partition coefficient (Wildman–Crippen LogP) is 1.99. The fourth-order valence-electron chi connectivity index (χ4n) is 1.69. The van der Waals surface area contributed by atoms with E-state index in [2.05, 4.69) is 43.0 Å². The lowest BCUT2D eigenvalue weighted by atomic mass is 9.88. The highest BCUT2D eigenvalue weighted by Crippen LogP contribution is 2.16. The zero-order chi connectivity index (χ0) is 12.3. The topological polar surface area (TPSA) is 29.1 Å². The molecule has 0 aromatic heterocycles. The van der Waals surface area contributed by atoms with E-state index >= 15 is 0 Å². The Hall–Kier alpha value is -0.853. The fourth-order valence-corrected chi connectivity index (χ4v) is 2.30. The first kappa shape index (κ1) is 13.2. The van der Waals surface area contributed by atoms with Crippen LogP contribution in [-0.2, 0) is 4.79 Å². The molecule has 1 aliphatic rings. The van der Waals surface area contributed by atoms with Crippen LogP contribution in [0, 0.1) is 17.4 Å². The lowest BCUT2D eigenvalue weighted by Gasteiger charge is -2.30. The van der Waals surface area contributed by atoms with Crippen molar-refractivity contribution in [3.05, 3.63) is 12.7 Å². The van der Waals surface area contributed by atoms with Gasteiger partial charge in [0.1, 0.15) is 13.9 Å². The molecule has 0 aromatic rings. The van der Waals surface area contributed by atoms with E-state index in [9.17, 15) is 4.79 Å². The minimum atomic E-state index is -1.35. The fraction of sp³-hybridized carbons (Fsp3) is 0.615. The molecule has 1 N–H and O–H groups in total. The quantitative estimate of drug-likeness (QED) is 0.428. The predicted molar refractivity (Wildman–Crippen MR) is 70.8 cm³/mol. The van der Waals surface area contributed by atoms with Crippen LogP contribution >= 0.6 is 0 Å². The van der Waals surface area contributed by atoms with Gasteiger partial charge in [-0.05, 0) is 0 Å². The molecule has 88 valence electrons. The lowest BCUT2D eigenvalue weighted by molar-refractivity contribution is -0.124. The van der Waals surface area contributed by atoms with Gasteiger partial charge in [0.15, 0.2) is 0 Å². The molecular weight excluding hydrogens is 214 g/mol. The van der Waals surface area contributed by atoms with Crippen LogP contribution in [0.15, 0.2) is 12.7 Å². The molecule has 1 saturated heterocycles. The van der Waals surface area contributed by atoms with E-state index in [1.54, 1.807) is 0 Å². The molecular formula is C13H21NOSi. The Morgan fingerprint density at radius 3 is 2.62 bits per heavy atom. The van der Waals surface area contributed by atoms with E-state index in [0.717, 1.165) is 0 Å². The second-order valence-electron chi connectivity index (χ2n) is 5.46. The average Bonchev–Trinajstić information content (AvgIpc) is 2.18. The van der Waals surface area contributed by atoms with Gasteiger partial charge in [-0.2, -0.15) is 0 Å². The summed E-state index contributed by atoms with van der Waals surface area (Å²) in [7, 11) is -1.35. The zero-order valence-corrected chi connectivity index (χ0v) is 11.6. The summed E-state index contributed by atoms with van der Waals surface area (Å²) >= 11 is 0. The van der Waals surface area contributed by atoms with Crippen LogP contribution in [0.1, 0.15) is 13.3 Å². The van der Waals surface area contributed by atoms with Gasteiger partial charge in [-0.1, -0.05) is 38.6 Å². The first-order chi connectivity index (χ1) is 7.33. The molecule has 0 aliphatic carbocycles. The molecule has 0 bridgehead atoms. The van der Waals surface area contributed by atoms with Gasteiger partial charge in [-0.3, -0.25) is 10.1 Å². The van der Waals surface area contributed by atoms with Crippen molar-refractivity contribution in [1.82, 2.24) is 5.32 Å². The van der Waals surface area contributed by atoms with Crippen LogP contribution in [0.2, 0.25) is 19.6 Å². The maximum Gasteiger partial charge on any atom is 0.140 e. The number of hydrogen-bond donors (Lipinski definition) is 1. The molecule has 0 radical (unpaired) electrons. The second-order valence-corrected chi connectivity index (χ2v) is 10.2. The van der Waals surface area contributed by atoms with Crippen LogP contribution in [0.3, 0.4) is 0 Å². The van der Waals surface area contributed by atoms with E-state index in [0.29, 0.717) is 12.2 Å². The van der Waals surface area contributed by atoms with Crippen molar-refractivity contribution in [2.75, 3.05) is 0 Å². The van der Waals surface area contributed by atoms with Crippen LogP contribution in [0.4, 0.5) is 0 Å². The highest BCUT2D eigenvalue weighted by molar-refractivity contribution is 6.83. The highest BCUT2D eigenvalue weighted by atomic mass is 28.3. The summed E-state index contributed by atoms with van der Waals surface area (Å²) in [6, 6.07) is 0.0839. The SMILES string of the molecule is C=C[C@H]1N[C@@H](C#C[Si](C)(C)C)CC(=O)[C@@H]1C. The Kier molecular flexibility index (Phi) is 4.12. The maximum absolute atomic E-state index is 11.8. The molecule has 0 saturated carbocycles. The summed E-state index contributed by atoms with van der Waals surface area (Å²) in [5, 5.41) is 3.37.